The van der Waals surface area contributed by atoms with E-state index in [0.29, 0.717) is 41.1 Å². The van der Waals surface area contributed by atoms with Crippen molar-refractivity contribution in [2.75, 3.05) is 0 Å². The van der Waals surface area contributed by atoms with E-state index in [1.165, 1.54) is 12.8 Å². The molecule has 0 saturated heterocycles. The van der Waals surface area contributed by atoms with Crippen molar-refractivity contribution < 1.29 is 18.7 Å². The summed E-state index contributed by atoms with van der Waals surface area (Å²) in [7, 11) is -3.85. The standard InChI is InChI=1S/C27H44BrO4P/c1-17(2)23-13-7-19(5)15-25(23)31-33(30,27(29)21-9-11-22(28)12-10-21)32-26-16-20(6)8-14-24(26)18(3)4/h9-12,17-20,23-27,29H,7-8,13-16H2,1-6H3/t19-,20-,23+,24+,25+,26+,27-/m0/s1. The molecule has 0 heterocycles. The SMILES string of the molecule is CC(C)[C@H]1CC[C@H](C)C[C@H]1OP(=O)(O[C@@H]1C[C@@H](C)CC[C@@H]1C(C)C)[C@H](O)c1ccc(Br)cc1. The lowest BCUT2D eigenvalue weighted by Gasteiger charge is -2.42. The highest BCUT2D eigenvalue weighted by atomic mass is 79.9. The molecule has 0 radical (unpaired) electrons. The van der Waals surface area contributed by atoms with Crippen molar-refractivity contribution >= 4 is 23.5 Å². The lowest BCUT2D eigenvalue weighted by molar-refractivity contribution is -0.0153. The first-order valence-corrected chi connectivity index (χ1v) is 15.3. The summed E-state index contributed by atoms with van der Waals surface area (Å²) in [5.41, 5.74) is 0.580. The van der Waals surface area contributed by atoms with Crippen molar-refractivity contribution in [3.05, 3.63) is 34.3 Å². The van der Waals surface area contributed by atoms with E-state index in [-0.39, 0.29) is 12.2 Å². The first-order valence-electron chi connectivity index (χ1n) is 12.9. The molecule has 33 heavy (non-hydrogen) atoms. The number of benzene rings is 1. The number of aliphatic hydroxyl groups excluding tert-OH is 1. The average molecular weight is 544 g/mol. The number of halogens is 1. The fourth-order valence-corrected chi connectivity index (χ4v) is 8.13. The van der Waals surface area contributed by atoms with Crippen molar-refractivity contribution in [2.24, 2.45) is 35.5 Å². The van der Waals surface area contributed by atoms with Crippen LogP contribution in [0.2, 0.25) is 0 Å². The van der Waals surface area contributed by atoms with E-state index in [1.807, 2.05) is 12.1 Å². The summed E-state index contributed by atoms with van der Waals surface area (Å²) in [5.74, 6) is 1.24. The highest BCUT2D eigenvalue weighted by Crippen LogP contribution is 2.64. The van der Waals surface area contributed by atoms with Crippen LogP contribution in [0.25, 0.3) is 0 Å². The van der Waals surface area contributed by atoms with Gasteiger partial charge in [0.05, 0.1) is 12.2 Å². The second-order valence-electron chi connectivity index (χ2n) is 11.4. The first-order chi connectivity index (χ1) is 15.5. The normalized spacial score (nSPS) is 32.3. The molecule has 188 valence electrons. The quantitative estimate of drug-likeness (QED) is 0.334. The highest BCUT2D eigenvalue weighted by Gasteiger charge is 2.46. The van der Waals surface area contributed by atoms with Gasteiger partial charge in [0, 0.05) is 4.47 Å². The van der Waals surface area contributed by atoms with Crippen LogP contribution in [0.15, 0.2) is 28.7 Å². The third-order valence-corrected chi connectivity index (χ3v) is 10.5. The van der Waals surface area contributed by atoms with Gasteiger partial charge in [-0.2, -0.15) is 0 Å². The van der Waals surface area contributed by atoms with E-state index in [4.69, 9.17) is 9.05 Å². The summed E-state index contributed by atoms with van der Waals surface area (Å²) in [5, 5.41) is 11.4. The molecule has 2 saturated carbocycles. The Hall–Kier alpha value is -0.190. The zero-order valence-corrected chi connectivity index (χ0v) is 23.7. The molecule has 6 heteroatoms. The second-order valence-corrected chi connectivity index (χ2v) is 14.3. The molecule has 2 aliphatic carbocycles. The molecule has 3 rings (SSSR count). The summed E-state index contributed by atoms with van der Waals surface area (Å²) >= 11 is 3.45. The fraction of sp³-hybridized carbons (Fsp3) is 0.778. The van der Waals surface area contributed by atoms with Gasteiger partial charge in [-0.15, -0.1) is 0 Å². The third-order valence-electron chi connectivity index (χ3n) is 7.95. The lowest BCUT2D eigenvalue weighted by Crippen LogP contribution is -2.37. The first kappa shape index (κ1) is 27.4. The summed E-state index contributed by atoms with van der Waals surface area (Å²) in [6.07, 6.45) is 5.85. The Morgan fingerprint density at radius 3 is 1.67 bits per heavy atom. The lowest BCUT2D eigenvalue weighted by atomic mass is 9.75. The highest BCUT2D eigenvalue weighted by molar-refractivity contribution is 9.10. The van der Waals surface area contributed by atoms with E-state index in [2.05, 4.69) is 57.5 Å². The van der Waals surface area contributed by atoms with Gasteiger partial charge in [-0.25, -0.2) is 0 Å². The molecule has 0 unspecified atom stereocenters. The molecule has 0 aliphatic heterocycles. The van der Waals surface area contributed by atoms with Gasteiger partial charge in [0.2, 0.25) is 0 Å². The maximum Gasteiger partial charge on any atom is 0.363 e. The summed E-state index contributed by atoms with van der Waals surface area (Å²) in [4.78, 5) is 0. The molecular formula is C27H44BrO4P. The largest absolute Gasteiger partial charge is 0.376 e. The van der Waals surface area contributed by atoms with E-state index in [1.54, 1.807) is 12.1 Å². The summed E-state index contributed by atoms with van der Waals surface area (Å²) < 4.78 is 28.5. The van der Waals surface area contributed by atoms with Gasteiger partial charge in [-0.05, 0) is 78.9 Å². The zero-order valence-electron chi connectivity index (χ0n) is 21.2. The van der Waals surface area contributed by atoms with Gasteiger partial charge in [0.1, 0.15) is 0 Å². The Kier molecular flexibility index (Phi) is 9.71. The number of rotatable bonds is 8. The maximum atomic E-state index is 14.6. The van der Waals surface area contributed by atoms with Crippen LogP contribution in [0.5, 0.6) is 0 Å². The van der Waals surface area contributed by atoms with Crippen LogP contribution in [-0.2, 0) is 13.6 Å². The third kappa shape index (κ3) is 6.94. The minimum absolute atomic E-state index is 0.164. The van der Waals surface area contributed by atoms with E-state index in [0.717, 1.165) is 30.2 Å². The molecule has 0 aromatic heterocycles. The second kappa shape index (κ2) is 11.7. The molecule has 0 spiro atoms. The van der Waals surface area contributed by atoms with Crippen molar-refractivity contribution in [2.45, 2.75) is 98.1 Å². The molecule has 0 amide bonds. The van der Waals surface area contributed by atoms with Gasteiger partial charge >= 0.3 is 7.60 Å². The number of hydrogen-bond donors (Lipinski definition) is 1. The molecule has 1 aromatic carbocycles. The van der Waals surface area contributed by atoms with E-state index < -0.39 is 13.4 Å². The van der Waals surface area contributed by atoms with Crippen LogP contribution in [0.1, 0.15) is 91.5 Å². The van der Waals surface area contributed by atoms with E-state index >= 15 is 0 Å². The Morgan fingerprint density at radius 2 is 1.27 bits per heavy atom. The van der Waals surface area contributed by atoms with Crippen LogP contribution in [0.4, 0.5) is 0 Å². The van der Waals surface area contributed by atoms with Gasteiger partial charge in [-0.1, -0.05) is 82.4 Å². The van der Waals surface area contributed by atoms with Crippen LogP contribution >= 0.6 is 23.5 Å². The van der Waals surface area contributed by atoms with Crippen LogP contribution in [-0.4, -0.2) is 17.3 Å². The van der Waals surface area contributed by atoms with Gasteiger partial charge in [0.25, 0.3) is 0 Å². The monoisotopic (exact) mass is 542 g/mol. The smallest absolute Gasteiger partial charge is 0.363 e. The minimum atomic E-state index is -3.85. The predicted molar refractivity (Wildman–Crippen MR) is 139 cm³/mol. The van der Waals surface area contributed by atoms with E-state index in [9.17, 15) is 9.67 Å². The molecule has 7 atom stereocenters. The van der Waals surface area contributed by atoms with Crippen LogP contribution in [0.3, 0.4) is 0 Å². The average Bonchev–Trinajstić information content (AvgIpc) is 2.73. The topological polar surface area (TPSA) is 55.8 Å². The molecule has 1 aromatic rings. The molecule has 1 N–H and O–H groups in total. The van der Waals surface area contributed by atoms with Crippen molar-refractivity contribution in [1.82, 2.24) is 0 Å². The Balaban J connectivity index is 1.94. The van der Waals surface area contributed by atoms with Crippen molar-refractivity contribution in [1.29, 1.82) is 0 Å². The Morgan fingerprint density at radius 1 is 0.848 bits per heavy atom. The maximum absolute atomic E-state index is 14.6. The Labute approximate surface area is 209 Å². The number of aliphatic hydroxyl groups is 1. The Bertz CT molecular complexity index is 758. The van der Waals surface area contributed by atoms with Crippen molar-refractivity contribution in [3.63, 3.8) is 0 Å². The molecule has 4 nitrogen and oxygen atoms in total. The summed E-state index contributed by atoms with van der Waals surface area (Å²) in [6.45, 7) is 13.3. The zero-order chi connectivity index (χ0) is 24.3. The number of hydrogen-bond acceptors (Lipinski definition) is 4. The summed E-state index contributed by atoms with van der Waals surface area (Å²) in [6, 6.07) is 7.34. The van der Waals surface area contributed by atoms with Crippen LogP contribution in [0, 0.1) is 35.5 Å². The van der Waals surface area contributed by atoms with Gasteiger partial charge < -0.3 is 14.2 Å². The predicted octanol–water partition coefficient (Wildman–Crippen LogP) is 8.59. The molecule has 2 aliphatic rings. The van der Waals surface area contributed by atoms with Gasteiger partial charge in [-0.3, -0.25) is 4.57 Å². The fourth-order valence-electron chi connectivity index (χ4n) is 5.81. The van der Waals surface area contributed by atoms with Crippen molar-refractivity contribution in [3.8, 4) is 0 Å². The molecule has 0 bridgehead atoms. The van der Waals surface area contributed by atoms with Gasteiger partial charge in [0.15, 0.2) is 5.85 Å². The van der Waals surface area contributed by atoms with Crippen LogP contribution < -0.4 is 0 Å². The molecular weight excluding hydrogens is 499 g/mol. The molecule has 2 fully saturated rings. The minimum Gasteiger partial charge on any atom is -0.376 e.